The van der Waals surface area contributed by atoms with E-state index in [-0.39, 0.29) is 36.4 Å². The second-order valence-electron chi connectivity index (χ2n) is 8.90. The highest BCUT2D eigenvalue weighted by atomic mass is 16.2. The van der Waals surface area contributed by atoms with E-state index in [1.165, 1.54) is 0 Å². The van der Waals surface area contributed by atoms with Gasteiger partial charge in [0.05, 0.1) is 0 Å². The van der Waals surface area contributed by atoms with Crippen LogP contribution in [0.1, 0.15) is 44.9 Å². The average molecular weight is 453 g/mol. The number of hydrogen-bond acceptors (Lipinski definition) is 5. The second-order valence-corrected chi connectivity index (χ2v) is 8.90. The lowest BCUT2D eigenvalue weighted by Gasteiger charge is -2.32. The van der Waals surface area contributed by atoms with Gasteiger partial charge in [0.2, 0.25) is 5.91 Å². The molecular formula is C24H32N6O3. The monoisotopic (exact) mass is 452 g/mol. The third kappa shape index (κ3) is 5.60. The molecule has 3 heterocycles. The molecule has 0 spiro atoms. The molecular weight excluding hydrogens is 420 g/mol. The number of aryl methyl sites for hydroxylation is 2. The van der Waals surface area contributed by atoms with Crippen LogP contribution < -0.4 is 5.32 Å². The number of hydrogen-bond donors (Lipinski definition) is 1. The van der Waals surface area contributed by atoms with Crippen molar-refractivity contribution in [2.24, 2.45) is 0 Å². The molecule has 1 aromatic heterocycles. The van der Waals surface area contributed by atoms with Crippen molar-refractivity contribution >= 4 is 17.7 Å². The van der Waals surface area contributed by atoms with Crippen LogP contribution in [0.4, 0.5) is 0 Å². The fourth-order valence-electron chi connectivity index (χ4n) is 4.31. The summed E-state index contributed by atoms with van der Waals surface area (Å²) in [5, 5.41) is 7.15. The fraction of sp³-hybridized carbons (Fsp3) is 0.500. The molecule has 0 bridgehead atoms. The van der Waals surface area contributed by atoms with Crippen LogP contribution in [0.15, 0.2) is 30.3 Å². The first-order valence-corrected chi connectivity index (χ1v) is 11.6. The number of rotatable bonds is 6. The van der Waals surface area contributed by atoms with Gasteiger partial charge >= 0.3 is 0 Å². The maximum atomic E-state index is 13.1. The molecule has 0 radical (unpaired) electrons. The van der Waals surface area contributed by atoms with Crippen molar-refractivity contribution in [2.45, 2.75) is 32.9 Å². The van der Waals surface area contributed by atoms with Gasteiger partial charge in [-0.3, -0.25) is 19.1 Å². The minimum absolute atomic E-state index is 0.0472. The molecule has 1 N–H and O–H groups in total. The molecule has 0 saturated carbocycles. The number of carbonyl (C=O) groups is 3. The third-order valence-corrected chi connectivity index (χ3v) is 6.25. The van der Waals surface area contributed by atoms with E-state index >= 15 is 0 Å². The summed E-state index contributed by atoms with van der Waals surface area (Å²) in [6.45, 7) is 7.22. The number of amides is 3. The zero-order valence-electron chi connectivity index (χ0n) is 19.4. The molecule has 1 saturated heterocycles. The van der Waals surface area contributed by atoms with E-state index in [0.29, 0.717) is 25.3 Å². The molecule has 2 aliphatic rings. The molecule has 0 aliphatic carbocycles. The predicted octanol–water partition coefficient (Wildman–Crippen LogP) is 1.13. The summed E-state index contributed by atoms with van der Waals surface area (Å²) in [7, 11) is 2.04. The summed E-state index contributed by atoms with van der Waals surface area (Å²) >= 11 is 0. The summed E-state index contributed by atoms with van der Waals surface area (Å²) < 4.78 is 1.63. The van der Waals surface area contributed by atoms with E-state index in [2.05, 4.69) is 21.4 Å². The summed E-state index contributed by atoms with van der Waals surface area (Å²) in [5.41, 5.74) is 2.88. The Hall–Kier alpha value is -3.20. The van der Waals surface area contributed by atoms with Gasteiger partial charge in [-0.15, -0.1) is 0 Å². The van der Waals surface area contributed by atoms with Gasteiger partial charge < -0.3 is 20.0 Å². The van der Waals surface area contributed by atoms with Crippen molar-refractivity contribution in [3.05, 3.63) is 52.8 Å². The molecule has 9 heteroatoms. The van der Waals surface area contributed by atoms with Gasteiger partial charge in [-0.05, 0) is 26.0 Å². The number of piperazine rings is 1. The first-order valence-electron chi connectivity index (χ1n) is 11.6. The van der Waals surface area contributed by atoms with Crippen LogP contribution in [0.3, 0.4) is 0 Å². The number of aromatic nitrogens is 2. The van der Waals surface area contributed by atoms with Crippen LogP contribution in [0.2, 0.25) is 0 Å². The lowest BCUT2D eigenvalue weighted by atomic mass is 10.1. The minimum Gasteiger partial charge on any atom is -0.350 e. The quantitative estimate of drug-likeness (QED) is 0.710. The molecule has 1 fully saturated rings. The van der Waals surface area contributed by atoms with Crippen molar-refractivity contribution < 1.29 is 14.4 Å². The summed E-state index contributed by atoms with van der Waals surface area (Å²) in [6, 6.07) is 9.69. The first kappa shape index (κ1) is 23.0. The molecule has 176 valence electrons. The number of carbonyl (C=O) groups excluding carboxylic acids is 3. The van der Waals surface area contributed by atoms with Crippen molar-refractivity contribution in [1.82, 2.24) is 29.8 Å². The van der Waals surface area contributed by atoms with Gasteiger partial charge in [0.15, 0.2) is 5.69 Å². The Morgan fingerprint density at radius 2 is 1.85 bits per heavy atom. The van der Waals surface area contributed by atoms with Gasteiger partial charge in [-0.25, -0.2) is 0 Å². The number of fused-ring (bicyclic) bond motifs is 1. The lowest BCUT2D eigenvalue weighted by molar-refractivity contribution is -0.132. The SMILES string of the molecule is Cc1cccc(CN2CCCn3nc(C(=O)NCCC(=O)N4CCN(C)CC4)cc3C2=O)c1. The third-order valence-electron chi connectivity index (χ3n) is 6.25. The van der Waals surface area contributed by atoms with Crippen molar-refractivity contribution in [3.8, 4) is 0 Å². The Morgan fingerprint density at radius 3 is 2.61 bits per heavy atom. The van der Waals surface area contributed by atoms with Crippen LogP contribution in [-0.4, -0.2) is 88.5 Å². The Morgan fingerprint density at radius 1 is 1.06 bits per heavy atom. The van der Waals surface area contributed by atoms with E-state index in [9.17, 15) is 14.4 Å². The van der Waals surface area contributed by atoms with Crippen LogP contribution in [-0.2, 0) is 17.9 Å². The van der Waals surface area contributed by atoms with Crippen LogP contribution in [0.5, 0.6) is 0 Å². The molecule has 3 amide bonds. The number of benzene rings is 1. The second kappa shape index (κ2) is 10.2. The zero-order valence-corrected chi connectivity index (χ0v) is 19.4. The fourth-order valence-corrected chi connectivity index (χ4v) is 4.31. The van der Waals surface area contributed by atoms with Gasteiger partial charge in [-0.2, -0.15) is 5.10 Å². The van der Waals surface area contributed by atoms with E-state index in [1.54, 1.807) is 10.7 Å². The number of likely N-dealkylation sites (N-methyl/N-ethyl adjacent to an activating group) is 1. The maximum Gasteiger partial charge on any atom is 0.272 e. The van der Waals surface area contributed by atoms with Crippen LogP contribution in [0.25, 0.3) is 0 Å². The van der Waals surface area contributed by atoms with Crippen molar-refractivity contribution in [3.63, 3.8) is 0 Å². The summed E-state index contributed by atoms with van der Waals surface area (Å²) in [5.74, 6) is -0.434. The van der Waals surface area contributed by atoms with E-state index in [0.717, 1.165) is 43.7 Å². The van der Waals surface area contributed by atoms with Gasteiger partial charge in [0, 0.05) is 64.8 Å². The number of nitrogens with zero attached hydrogens (tertiary/aromatic N) is 5. The summed E-state index contributed by atoms with van der Waals surface area (Å²) in [4.78, 5) is 44.0. The Balaban J connectivity index is 1.34. The molecule has 2 aromatic rings. The topological polar surface area (TPSA) is 90.8 Å². The molecule has 0 unspecified atom stereocenters. The van der Waals surface area contributed by atoms with Gasteiger partial charge in [-0.1, -0.05) is 29.8 Å². The summed E-state index contributed by atoms with van der Waals surface area (Å²) in [6.07, 6.45) is 1.03. The first-order chi connectivity index (χ1) is 15.9. The van der Waals surface area contributed by atoms with Gasteiger partial charge in [0.25, 0.3) is 11.8 Å². The molecule has 1 aromatic carbocycles. The smallest absolute Gasteiger partial charge is 0.272 e. The Kier molecular flexibility index (Phi) is 7.08. The zero-order chi connectivity index (χ0) is 23.4. The minimum atomic E-state index is -0.361. The van der Waals surface area contributed by atoms with Crippen molar-refractivity contribution in [1.29, 1.82) is 0 Å². The molecule has 0 atom stereocenters. The van der Waals surface area contributed by atoms with E-state index in [1.807, 2.05) is 42.0 Å². The van der Waals surface area contributed by atoms with Gasteiger partial charge in [0.1, 0.15) is 5.69 Å². The predicted molar refractivity (Wildman–Crippen MR) is 124 cm³/mol. The highest BCUT2D eigenvalue weighted by molar-refractivity contribution is 5.98. The van der Waals surface area contributed by atoms with E-state index < -0.39 is 0 Å². The Labute approximate surface area is 194 Å². The van der Waals surface area contributed by atoms with Crippen LogP contribution in [0, 0.1) is 6.92 Å². The largest absolute Gasteiger partial charge is 0.350 e. The van der Waals surface area contributed by atoms with E-state index in [4.69, 9.17) is 0 Å². The van der Waals surface area contributed by atoms with Crippen molar-refractivity contribution in [2.75, 3.05) is 46.3 Å². The molecule has 4 rings (SSSR count). The molecule has 2 aliphatic heterocycles. The Bertz CT molecular complexity index is 1020. The standard InChI is InChI=1S/C24H32N6O3/c1-18-5-3-6-19(15-18)17-29-9-4-10-30-21(24(29)33)16-20(26-30)23(32)25-8-7-22(31)28-13-11-27(2)12-14-28/h3,5-6,15-16H,4,7-14,17H2,1-2H3,(H,25,32). The molecule has 9 nitrogen and oxygen atoms in total. The normalized spacial score (nSPS) is 17.0. The average Bonchev–Trinajstić information content (AvgIpc) is 3.17. The number of nitrogens with one attached hydrogen (secondary N) is 1. The highest BCUT2D eigenvalue weighted by Crippen LogP contribution is 2.17. The highest BCUT2D eigenvalue weighted by Gasteiger charge is 2.26. The maximum absolute atomic E-state index is 13.1. The molecule has 33 heavy (non-hydrogen) atoms. The lowest BCUT2D eigenvalue weighted by Crippen LogP contribution is -2.47. The van der Waals surface area contributed by atoms with Crippen LogP contribution >= 0.6 is 0 Å².